The number of unbranched alkanes of at least 4 members (excludes halogenated alkanes) is 28. The van der Waals surface area contributed by atoms with E-state index in [1.807, 2.05) is 0 Å². The lowest BCUT2D eigenvalue weighted by molar-refractivity contribution is -0.704. The molecule has 0 bridgehead atoms. The van der Waals surface area contributed by atoms with Gasteiger partial charge in [-0.05, 0) is 32.1 Å². The van der Waals surface area contributed by atoms with Crippen LogP contribution in [0.15, 0.2) is 12.4 Å². The van der Waals surface area contributed by atoms with E-state index >= 15 is 0 Å². The summed E-state index contributed by atoms with van der Waals surface area (Å²) >= 11 is 0. The zero-order valence-corrected chi connectivity index (χ0v) is 29.6. The second-order valence-corrected chi connectivity index (χ2v) is 13.8. The number of nitrogens with zero attached hydrogens (tertiary/aromatic N) is 2. The maximum Gasteiger partial charge on any atom is 0.256 e. The van der Waals surface area contributed by atoms with Gasteiger partial charge in [0.2, 0.25) is 0 Å². The van der Waals surface area contributed by atoms with Gasteiger partial charge in [0.1, 0.15) is 12.4 Å². The summed E-state index contributed by atoms with van der Waals surface area (Å²) in [6.45, 7) is 9.39. The van der Waals surface area contributed by atoms with Crippen LogP contribution in [-0.4, -0.2) is 4.57 Å². The second-order valence-electron chi connectivity index (χ2n) is 13.8. The third-order valence-corrected chi connectivity index (χ3v) is 9.60. The Morgan fingerprint density at radius 1 is 0.405 bits per heavy atom. The van der Waals surface area contributed by atoms with Crippen LogP contribution in [0.2, 0.25) is 0 Å². The summed E-state index contributed by atoms with van der Waals surface area (Å²) in [5, 5.41) is 0. The van der Waals surface area contributed by atoms with Gasteiger partial charge in [0.25, 0.3) is 5.82 Å². The highest BCUT2D eigenvalue weighted by molar-refractivity contribution is 4.84. The standard InChI is InChI=1S/C40H79N2/c1-4-7-10-13-15-17-19-21-22-24-26-28-30-32-35-40-41(36-33-12-9-6-3)38-39-42(40)37-34-31-29-27-25-23-20-18-16-14-11-8-5-2/h38-39H,4-37H2,1-3H3/q+1. The molecule has 248 valence electrons. The van der Waals surface area contributed by atoms with Crippen molar-refractivity contribution in [3.05, 3.63) is 18.2 Å². The quantitative estimate of drug-likeness (QED) is 0.0560. The lowest BCUT2D eigenvalue weighted by Gasteiger charge is -2.07. The zero-order chi connectivity index (χ0) is 30.2. The predicted molar refractivity (Wildman–Crippen MR) is 188 cm³/mol. The first-order chi connectivity index (χ1) is 20.8. The maximum absolute atomic E-state index is 2.63. The molecular formula is C40H79N2+. The Labute approximate surface area is 266 Å². The number of aryl methyl sites for hydroxylation is 2. The summed E-state index contributed by atoms with van der Waals surface area (Å²) in [4.78, 5) is 0. The van der Waals surface area contributed by atoms with Crippen LogP contribution >= 0.6 is 0 Å². The van der Waals surface area contributed by atoms with E-state index in [4.69, 9.17) is 0 Å². The fraction of sp³-hybridized carbons (Fsp3) is 0.925. The Hall–Kier alpha value is -0.790. The molecule has 1 heterocycles. The first-order valence-electron chi connectivity index (χ1n) is 19.9. The highest BCUT2D eigenvalue weighted by atomic mass is 15.1. The van der Waals surface area contributed by atoms with Crippen LogP contribution in [0.1, 0.15) is 226 Å². The summed E-state index contributed by atoms with van der Waals surface area (Å²) in [5.74, 6) is 1.62. The Balaban J connectivity index is 2.18. The van der Waals surface area contributed by atoms with Gasteiger partial charge in [-0.3, -0.25) is 0 Å². The predicted octanol–water partition coefficient (Wildman–Crippen LogP) is 13.5. The van der Waals surface area contributed by atoms with Crippen molar-refractivity contribution < 1.29 is 4.57 Å². The molecule has 0 atom stereocenters. The molecule has 2 nitrogen and oxygen atoms in total. The van der Waals surface area contributed by atoms with Crippen LogP contribution in [0.25, 0.3) is 0 Å². The highest BCUT2D eigenvalue weighted by Crippen LogP contribution is 2.15. The number of hydrogen-bond acceptors (Lipinski definition) is 0. The van der Waals surface area contributed by atoms with Crippen molar-refractivity contribution in [2.45, 2.75) is 239 Å². The molecule has 1 aromatic rings. The summed E-state index contributed by atoms with van der Waals surface area (Å²) in [7, 11) is 0. The number of rotatable bonds is 34. The Bertz CT molecular complexity index is 648. The minimum Gasteiger partial charge on any atom is -0.234 e. The molecule has 0 aromatic carbocycles. The van der Waals surface area contributed by atoms with Gasteiger partial charge in [0, 0.05) is 6.42 Å². The molecule has 0 radical (unpaired) electrons. The van der Waals surface area contributed by atoms with Gasteiger partial charge in [0.15, 0.2) is 0 Å². The molecule has 0 N–H and O–H groups in total. The molecule has 0 fully saturated rings. The average Bonchev–Trinajstić information content (AvgIpc) is 3.38. The third-order valence-electron chi connectivity index (χ3n) is 9.60. The van der Waals surface area contributed by atoms with E-state index in [1.165, 1.54) is 219 Å². The lowest BCUT2D eigenvalue weighted by atomic mass is 10.0. The van der Waals surface area contributed by atoms with Crippen LogP contribution in [0.5, 0.6) is 0 Å². The van der Waals surface area contributed by atoms with Crippen molar-refractivity contribution in [2.75, 3.05) is 0 Å². The molecule has 1 aromatic heterocycles. The van der Waals surface area contributed by atoms with Crippen molar-refractivity contribution in [1.82, 2.24) is 4.57 Å². The van der Waals surface area contributed by atoms with Gasteiger partial charge in [0.05, 0.1) is 13.1 Å². The highest BCUT2D eigenvalue weighted by Gasteiger charge is 2.16. The summed E-state index contributed by atoms with van der Waals surface area (Å²) < 4.78 is 5.24. The monoisotopic (exact) mass is 588 g/mol. The molecule has 0 aliphatic carbocycles. The van der Waals surface area contributed by atoms with Crippen molar-refractivity contribution in [1.29, 1.82) is 0 Å². The minimum absolute atomic E-state index is 1.22. The number of hydrogen-bond donors (Lipinski definition) is 0. The van der Waals surface area contributed by atoms with Crippen LogP contribution in [0.3, 0.4) is 0 Å². The molecule has 0 saturated carbocycles. The van der Waals surface area contributed by atoms with Gasteiger partial charge in [-0.1, -0.05) is 188 Å². The zero-order valence-electron chi connectivity index (χ0n) is 29.6. The minimum atomic E-state index is 1.22. The fourth-order valence-electron chi connectivity index (χ4n) is 6.68. The second kappa shape index (κ2) is 31.6. The van der Waals surface area contributed by atoms with Crippen molar-refractivity contribution in [3.63, 3.8) is 0 Å². The molecule has 0 saturated heterocycles. The van der Waals surface area contributed by atoms with Crippen LogP contribution in [0.4, 0.5) is 0 Å². The molecule has 0 aliphatic heterocycles. The SMILES string of the molecule is CCCCCCCCCCCCCCCCc1n(CCCCCC)cc[n+]1CCCCCCCCCCCCCCC. The van der Waals surface area contributed by atoms with Crippen LogP contribution in [0, 0.1) is 0 Å². The topological polar surface area (TPSA) is 8.81 Å². The summed E-state index contributed by atoms with van der Waals surface area (Å²) in [6.07, 6.45) is 50.4. The van der Waals surface area contributed by atoms with Crippen molar-refractivity contribution in [2.24, 2.45) is 0 Å². The van der Waals surface area contributed by atoms with E-state index in [0.717, 1.165) is 0 Å². The van der Waals surface area contributed by atoms with Crippen molar-refractivity contribution >= 4 is 0 Å². The number of aromatic nitrogens is 2. The molecular weight excluding hydrogens is 508 g/mol. The maximum atomic E-state index is 2.63. The van der Waals surface area contributed by atoms with E-state index in [1.54, 1.807) is 5.82 Å². The first kappa shape index (κ1) is 39.2. The van der Waals surface area contributed by atoms with E-state index in [9.17, 15) is 0 Å². The Morgan fingerprint density at radius 2 is 0.738 bits per heavy atom. The van der Waals surface area contributed by atoms with E-state index in [-0.39, 0.29) is 0 Å². The van der Waals surface area contributed by atoms with Gasteiger partial charge >= 0.3 is 0 Å². The van der Waals surface area contributed by atoms with E-state index in [0.29, 0.717) is 0 Å². The largest absolute Gasteiger partial charge is 0.256 e. The molecule has 0 spiro atoms. The molecule has 0 unspecified atom stereocenters. The molecule has 42 heavy (non-hydrogen) atoms. The Kier molecular flexibility index (Phi) is 29.5. The van der Waals surface area contributed by atoms with Crippen LogP contribution in [-0.2, 0) is 19.5 Å². The van der Waals surface area contributed by atoms with Gasteiger partial charge < -0.3 is 0 Å². The first-order valence-corrected chi connectivity index (χ1v) is 19.9. The van der Waals surface area contributed by atoms with Crippen molar-refractivity contribution in [3.8, 4) is 0 Å². The normalized spacial score (nSPS) is 11.6. The number of imidazole rings is 1. The van der Waals surface area contributed by atoms with E-state index in [2.05, 4.69) is 42.3 Å². The molecule has 2 heteroatoms. The van der Waals surface area contributed by atoms with Gasteiger partial charge in [-0.25, -0.2) is 9.13 Å². The lowest BCUT2D eigenvalue weighted by Crippen LogP contribution is -2.37. The summed E-state index contributed by atoms with van der Waals surface area (Å²) in [5.41, 5.74) is 0. The third kappa shape index (κ3) is 23.6. The van der Waals surface area contributed by atoms with Gasteiger partial charge in [-0.15, -0.1) is 0 Å². The molecule has 0 amide bonds. The average molecular weight is 588 g/mol. The fourth-order valence-corrected chi connectivity index (χ4v) is 6.68. The summed E-state index contributed by atoms with van der Waals surface area (Å²) in [6, 6.07) is 0. The molecule has 0 aliphatic rings. The van der Waals surface area contributed by atoms with Crippen LogP contribution < -0.4 is 4.57 Å². The molecule has 1 rings (SSSR count). The Morgan fingerprint density at radius 3 is 1.14 bits per heavy atom. The van der Waals surface area contributed by atoms with E-state index < -0.39 is 0 Å². The smallest absolute Gasteiger partial charge is 0.234 e. The van der Waals surface area contributed by atoms with Gasteiger partial charge in [-0.2, -0.15) is 0 Å².